The first-order valence-corrected chi connectivity index (χ1v) is 10.4. The predicted octanol–water partition coefficient (Wildman–Crippen LogP) is 3.80. The molecule has 0 amide bonds. The summed E-state index contributed by atoms with van der Waals surface area (Å²) in [4.78, 5) is 13.4. The number of anilines is 1. The van der Waals surface area contributed by atoms with Crippen molar-refractivity contribution >= 4 is 28.3 Å². The number of benzene rings is 1. The van der Waals surface area contributed by atoms with E-state index in [1.165, 1.54) is 11.5 Å². The Hall–Kier alpha value is -2.22. The second kappa shape index (κ2) is 8.86. The van der Waals surface area contributed by atoms with Gasteiger partial charge in [0, 0.05) is 72.8 Å². The molecule has 0 atom stereocenters. The van der Waals surface area contributed by atoms with Crippen molar-refractivity contribution in [1.82, 2.24) is 19.2 Å². The molecule has 0 saturated carbocycles. The first-order chi connectivity index (χ1) is 13.7. The van der Waals surface area contributed by atoms with Crippen molar-refractivity contribution in [2.45, 2.75) is 20.1 Å². The zero-order valence-corrected chi connectivity index (χ0v) is 17.3. The molecule has 1 fully saturated rings. The van der Waals surface area contributed by atoms with E-state index < -0.39 is 0 Å². The number of aryl methyl sites for hydroxylation is 1. The number of aromatic nitrogens is 3. The van der Waals surface area contributed by atoms with Crippen molar-refractivity contribution < 1.29 is 4.74 Å². The van der Waals surface area contributed by atoms with Crippen LogP contribution >= 0.6 is 23.1 Å². The minimum atomic E-state index is 0.493. The van der Waals surface area contributed by atoms with Crippen LogP contribution in [0.2, 0.25) is 5.02 Å². The van der Waals surface area contributed by atoms with Gasteiger partial charge in [-0.25, -0.2) is 4.98 Å². The van der Waals surface area contributed by atoms with Crippen LogP contribution in [0.15, 0.2) is 42.7 Å². The summed E-state index contributed by atoms with van der Waals surface area (Å²) in [6.45, 7) is 7.06. The van der Waals surface area contributed by atoms with E-state index in [9.17, 15) is 0 Å². The SMILES string of the molecule is Cc1nsc(N2CCN(Cc3cc(Cl)ccc3OCc3cccnc3)CC2)n1. The summed E-state index contributed by atoms with van der Waals surface area (Å²) in [6, 6.07) is 9.76. The normalized spacial score (nSPS) is 15.0. The van der Waals surface area contributed by atoms with Gasteiger partial charge in [0.05, 0.1) is 0 Å². The number of halogens is 1. The van der Waals surface area contributed by atoms with Crippen molar-refractivity contribution in [3.05, 3.63) is 64.7 Å². The molecular formula is C20H22ClN5OS. The third-order valence-corrected chi connectivity index (χ3v) is 5.80. The first-order valence-electron chi connectivity index (χ1n) is 9.25. The number of ether oxygens (including phenoxy) is 1. The smallest absolute Gasteiger partial charge is 0.205 e. The van der Waals surface area contributed by atoms with E-state index in [1.807, 2.05) is 43.5 Å². The standard InChI is InChI=1S/C20H22ClN5OS/c1-15-23-20(28-24-15)26-9-7-25(8-10-26)13-17-11-18(21)4-5-19(17)27-14-16-3-2-6-22-12-16/h2-6,11-12H,7-10,13-14H2,1H3. The van der Waals surface area contributed by atoms with Crippen LogP contribution in [0.4, 0.5) is 5.13 Å². The summed E-state index contributed by atoms with van der Waals surface area (Å²) in [5, 5.41) is 1.74. The molecule has 2 aromatic heterocycles. The fourth-order valence-electron chi connectivity index (χ4n) is 3.21. The van der Waals surface area contributed by atoms with Crippen LogP contribution in [0.5, 0.6) is 5.75 Å². The third kappa shape index (κ3) is 4.79. The quantitative estimate of drug-likeness (QED) is 0.610. The topological polar surface area (TPSA) is 54.4 Å². The molecule has 0 N–H and O–H groups in total. The van der Waals surface area contributed by atoms with E-state index in [1.54, 1.807) is 6.20 Å². The Morgan fingerprint density at radius 2 is 2.04 bits per heavy atom. The number of rotatable bonds is 6. The van der Waals surface area contributed by atoms with Crippen LogP contribution < -0.4 is 9.64 Å². The molecule has 0 bridgehead atoms. The minimum absolute atomic E-state index is 0.493. The highest BCUT2D eigenvalue weighted by molar-refractivity contribution is 7.09. The van der Waals surface area contributed by atoms with Gasteiger partial charge in [0.1, 0.15) is 18.2 Å². The van der Waals surface area contributed by atoms with Crippen molar-refractivity contribution in [1.29, 1.82) is 0 Å². The summed E-state index contributed by atoms with van der Waals surface area (Å²) in [7, 11) is 0. The van der Waals surface area contributed by atoms with Crippen LogP contribution in [0.1, 0.15) is 17.0 Å². The van der Waals surface area contributed by atoms with Gasteiger partial charge in [-0.3, -0.25) is 9.88 Å². The Morgan fingerprint density at radius 1 is 1.18 bits per heavy atom. The molecule has 0 spiro atoms. The maximum absolute atomic E-state index is 6.25. The number of hydrogen-bond donors (Lipinski definition) is 0. The highest BCUT2D eigenvalue weighted by Gasteiger charge is 2.21. The van der Waals surface area contributed by atoms with E-state index in [0.717, 1.165) is 65.6 Å². The van der Waals surface area contributed by atoms with Crippen molar-refractivity contribution in [3.8, 4) is 5.75 Å². The number of nitrogens with zero attached hydrogens (tertiary/aromatic N) is 5. The Morgan fingerprint density at radius 3 is 2.75 bits per heavy atom. The molecule has 28 heavy (non-hydrogen) atoms. The van der Waals surface area contributed by atoms with Gasteiger partial charge in [-0.1, -0.05) is 17.7 Å². The summed E-state index contributed by atoms with van der Waals surface area (Å²) >= 11 is 7.72. The number of piperazine rings is 1. The molecule has 8 heteroatoms. The summed E-state index contributed by atoms with van der Waals surface area (Å²) < 4.78 is 10.3. The zero-order valence-electron chi connectivity index (χ0n) is 15.7. The van der Waals surface area contributed by atoms with Gasteiger partial charge in [0.25, 0.3) is 0 Å². The van der Waals surface area contributed by atoms with Gasteiger partial charge in [0.2, 0.25) is 5.13 Å². The van der Waals surface area contributed by atoms with E-state index in [0.29, 0.717) is 6.61 Å². The second-order valence-electron chi connectivity index (χ2n) is 6.79. The van der Waals surface area contributed by atoms with Gasteiger partial charge < -0.3 is 9.64 Å². The Labute approximate surface area is 173 Å². The minimum Gasteiger partial charge on any atom is -0.489 e. The molecular weight excluding hydrogens is 394 g/mol. The van der Waals surface area contributed by atoms with Gasteiger partial charge in [-0.05, 0) is 31.2 Å². The van der Waals surface area contributed by atoms with Gasteiger partial charge in [0.15, 0.2) is 0 Å². The average Bonchev–Trinajstić information content (AvgIpc) is 3.15. The Balaban J connectivity index is 1.38. The third-order valence-electron chi connectivity index (χ3n) is 4.69. The molecule has 146 valence electrons. The molecule has 3 aromatic rings. The highest BCUT2D eigenvalue weighted by Crippen LogP contribution is 2.26. The molecule has 1 aliphatic rings. The van der Waals surface area contributed by atoms with Crippen LogP contribution in [0.3, 0.4) is 0 Å². The van der Waals surface area contributed by atoms with Crippen LogP contribution in [0, 0.1) is 6.92 Å². The molecule has 1 aromatic carbocycles. The molecule has 6 nitrogen and oxygen atoms in total. The molecule has 0 radical (unpaired) electrons. The number of hydrogen-bond acceptors (Lipinski definition) is 7. The first kappa shape index (κ1) is 19.1. The lowest BCUT2D eigenvalue weighted by Gasteiger charge is -2.34. The van der Waals surface area contributed by atoms with Crippen molar-refractivity contribution in [2.24, 2.45) is 0 Å². The van der Waals surface area contributed by atoms with E-state index >= 15 is 0 Å². The van der Waals surface area contributed by atoms with E-state index in [2.05, 4.69) is 24.1 Å². The van der Waals surface area contributed by atoms with Crippen molar-refractivity contribution in [2.75, 3.05) is 31.1 Å². The lowest BCUT2D eigenvalue weighted by molar-refractivity contribution is 0.240. The van der Waals surface area contributed by atoms with Crippen molar-refractivity contribution in [3.63, 3.8) is 0 Å². The van der Waals surface area contributed by atoms with Gasteiger partial charge in [-0.15, -0.1) is 0 Å². The molecule has 1 aliphatic heterocycles. The lowest BCUT2D eigenvalue weighted by Crippen LogP contribution is -2.46. The second-order valence-corrected chi connectivity index (χ2v) is 7.96. The fourth-order valence-corrected chi connectivity index (χ4v) is 4.13. The molecule has 1 saturated heterocycles. The predicted molar refractivity (Wildman–Crippen MR) is 112 cm³/mol. The summed E-state index contributed by atoms with van der Waals surface area (Å²) in [6.07, 6.45) is 3.59. The zero-order chi connectivity index (χ0) is 19.3. The van der Waals surface area contributed by atoms with Crippen LogP contribution in [0.25, 0.3) is 0 Å². The van der Waals surface area contributed by atoms with Gasteiger partial charge >= 0.3 is 0 Å². The Bertz CT molecular complexity index is 912. The summed E-state index contributed by atoms with van der Waals surface area (Å²) in [5.41, 5.74) is 2.15. The molecule has 4 rings (SSSR count). The molecule has 0 aliphatic carbocycles. The highest BCUT2D eigenvalue weighted by atomic mass is 35.5. The number of pyridine rings is 1. The summed E-state index contributed by atoms with van der Waals surface area (Å²) in [5.74, 6) is 1.71. The fraction of sp³-hybridized carbons (Fsp3) is 0.350. The maximum atomic E-state index is 6.25. The van der Waals surface area contributed by atoms with Crippen LogP contribution in [-0.4, -0.2) is 45.4 Å². The largest absolute Gasteiger partial charge is 0.489 e. The van der Waals surface area contributed by atoms with Crippen LogP contribution in [-0.2, 0) is 13.2 Å². The maximum Gasteiger partial charge on any atom is 0.205 e. The Kier molecular flexibility index (Phi) is 6.04. The molecule has 0 unspecified atom stereocenters. The molecule has 3 heterocycles. The van der Waals surface area contributed by atoms with E-state index in [4.69, 9.17) is 16.3 Å². The average molecular weight is 416 g/mol. The van der Waals surface area contributed by atoms with E-state index in [-0.39, 0.29) is 0 Å². The monoisotopic (exact) mass is 415 g/mol. The van der Waals surface area contributed by atoms with Gasteiger partial charge in [-0.2, -0.15) is 4.37 Å². The lowest BCUT2D eigenvalue weighted by atomic mass is 10.1.